The van der Waals surface area contributed by atoms with Crippen LogP contribution in [0.15, 0.2) is 24.3 Å². The minimum atomic E-state index is 0.599. The van der Waals surface area contributed by atoms with E-state index in [1.807, 2.05) is 24.3 Å². The highest BCUT2D eigenvalue weighted by Crippen LogP contribution is 2.12. The normalized spacial score (nSPS) is 10.6. The van der Waals surface area contributed by atoms with Gasteiger partial charge in [0.05, 0.1) is 33.0 Å². The Hall–Kier alpha value is -1.30. The molecule has 1 rings (SSSR count). The summed E-state index contributed by atoms with van der Waals surface area (Å²) >= 11 is 0. The van der Waals surface area contributed by atoms with Crippen LogP contribution in [0.2, 0.25) is 0 Å². The molecule has 5 nitrogen and oxygen atoms in total. The fourth-order valence-electron chi connectivity index (χ4n) is 1.38. The number of hydrogen-bond acceptors (Lipinski definition) is 5. The van der Waals surface area contributed by atoms with Gasteiger partial charge >= 0.3 is 0 Å². The molecule has 1 aromatic rings. The third-order valence-electron chi connectivity index (χ3n) is 2.39. The second-order valence-electron chi connectivity index (χ2n) is 3.99. The Morgan fingerprint density at radius 3 is 2.16 bits per heavy atom. The van der Waals surface area contributed by atoms with Crippen molar-refractivity contribution in [3.63, 3.8) is 0 Å². The van der Waals surface area contributed by atoms with Crippen LogP contribution in [0.1, 0.15) is 6.42 Å². The van der Waals surface area contributed by atoms with Gasteiger partial charge in [0, 0.05) is 25.8 Å². The average molecular weight is 269 g/mol. The first kappa shape index (κ1) is 15.8. The van der Waals surface area contributed by atoms with Crippen molar-refractivity contribution in [3.05, 3.63) is 24.3 Å². The molecule has 0 heterocycles. The summed E-state index contributed by atoms with van der Waals surface area (Å²) in [5.74, 6) is 0.831. The molecule has 0 radical (unpaired) electrons. The van der Waals surface area contributed by atoms with Crippen molar-refractivity contribution in [1.82, 2.24) is 0 Å². The van der Waals surface area contributed by atoms with Crippen LogP contribution >= 0.6 is 0 Å². The Morgan fingerprint density at radius 1 is 0.842 bits per heavy atom. The molecule has 0 bridgehead atoms. The van der Waals surface area contributed by atoms with Crippen LogP contribution < -0.4 is 10.5 Å². The van der Waals surface area contributed by atoms with Gasteiger partial charge in [-0.3, -0.25) is 0 Å². The van der Waals surface area contributed by atoms with Crippen LogP contribution in [-0.4, -0.2) is 46.8 Å². The highest BCUT2D eigenvalue weighted by molar-refractivity contribution is 5.41. The molecule has 19 heavy (non-hydrogen) atoms. The van der Waals surface area contributed by atoms with Gasteiger partial charge in [-0.25, -0.2) is 0 Å². The molecule has 108 valence electrons. The van der Waals surface area contributed by atoms with Crippen LogP contribution in [0, 0.1) is 0 Å². The number of rotatable bonds is 11. The molecular weight excluding hydrogens is 246 g/mol. The zero-order chi connectivity index (χ0) is 13.8. The molecule has 0 aliphatic heterocycles. The smallest absolute Gasteiger partial charge is 0.119 e. The van der Waals surface area contributed by atoms with E-state index in [1.165, 1.54) is 0 Å². The van der Waals surface area contributed by atoms with Crippen molar-refractivity contribution < 1.29 is 18.9 Å². The molecule has 0 spiro atoms. The van der Waals surface area contributed by atoms with Crippen LogP contribution in [0.4, 0.5) is 5.69 Å². The van der Waals surface area contributed by atoms with Gasteiger partial charge in [0.25, 0.3) is 0 Å². The predicted molar refractivity (Wildman–Crippen MR) is 74.5 cm³/mol. The number of benzene rings is 1. The van der Waals surface area contributed by atoms with Gasteiger partial charge in [-0.2, -0.15) is 0 Å². The summed E-state index contributed by atoms with van der Waals surface area (Å²) in [7, 11) is 1.65. The van der Waals surface area contributed by atoms with Crippen molar-refractivity contribution >= 4 is 5.69 Å². The maximum absolute atomic E-state index is 5.58. The second kappa shape index (κ2) is 10.6. The molecule has 0 aliphatic rings. The summed E-state index contributed by atoms with van der Waals surface area (Å²) in [6.07, 6.45) is 0.850. The summed E-state index contributed by atoms with van der Waals surface area (Å²) in [4.78, 5) is 0. The lowest BCUT2D eigenvalue weighted by Crippen LogP contribution is -2.10. The monoisotopic (exact) mass is 269 g/mol. The van der Waals surface area contributed by atoms with Crippen molar-refractivity contribution in [2.45, 2.75) is 6.42 Å². The third-order valence-corrected chi connectivity index (χ3v) is 2.39. The van der Waals surface area contributed by atoms with E-state index in [4.69, 9.17) is 24.7 Å². The van der Waals surface area contributed by atoms with E-state index in [0.29, 0.717) is 39.6 Å². The number of nitrogen functional groups attached to an aromatic ring is 1. The maximum Gasteiger partial charge on any atom is 0.119 e. The lowest BCUT2D eigenvalue weighted by atomic mass is 10.3. The molecule has 0 fully saturated rings. The van der Waals surface area contributed by atoms with Gasteiger partial charge in [0.1, 0.15) is 5.75 Å². The molecule has 0 saturated heterocycles. The first-order valence-electron chi connectivity index (χ1n) is 6.45. The lowest BCUT2D eigenvalue weighted by Gasteiger charge is -2.07. The van der Waals surface area contributed by atoms with Crippen LogP contribution in [0.5, 0.6) is 5.75 Å². The Kier molecular flexibility index (Phi) is 8.80. The van der Waals surface area contributed by atoms with Gasteiger partial charge in [-0.05, 0) is 24.3 Å². The molecule has 0 amide bonds. The lowest BCUT2D eigenvalue weighted by molar-refractivity contribution is 0.0224. The first-order valence-corrected chi connectivity index (χ1v) is 6.45. The van der Waals surface area contributed by atoms with Crippen LogP contribution in [-0.2, 0) is 14.2 Å². The first-order chi connectivity index (χ1) is 9.33. The number of nitrogens with two attached hydrogens (primary N) is 1. The third kappa shape index (κ3) is 8.42. The fraction of sp³-hybridized carbons (Fsp3) is 0.571. The molecule has 0 saturated carbocycles. The second-order valence-corrected chi connectivity index (χ2v) is 3.99. The number of ether oxygens (including phenoxy) is 4. The van der Waals surface area contributed by atoms with E-state index in [0.717, 1.165) is 17.9 Å². The Bertz CT molecular complexity index is 316. The SMILES string of the molecule is COCCOCCOCCCOc1ccc(N)cc1. The average Bonchev–Trinajstić information content (AvgIpc) is 2.43. The summed E-state index contributed by atoms with van der Waals surface area (Å²) in [5.41, 5.74) is 6.32. The molecule has 2 N–H and O–H groups in total. The van der Waals surface area contributed by atoms with E-state index in [2.05, 4.69) is 0 Å². The van der Waals surface area contributed by atoms with Gasteiger partial charge in [-0.1, -0.05) is 0 Å². The minimum Gasteiger partial charge on any atom is -0.494 e. The van der Waals surface area contributed by atoms with Gasteiger partial charge in [-0.15, -0.1) is 0 Å². The van der Waals surface area contributed by atoms with E-state index in [-0.39, 0.29) is 0 Å². The largest absolute Gasteiger partial charge is 0.494 e. The van der Waals surface area contributed by atoms with Gasteiger partial charge < -0.3 is 24.7 Å². The highest BCUT2D eigenvalue weighted by Gasteiger charge is 1.94. The molecular formula is C14H23NO4. The molecule has 5 heteroatoms. The highest BCUT2D eigenvalue weighted by atomic mass is 16.5. The summed E-state index contributed by atoms with van der Waals surface area (Å²) in [6, 6.07) is 7.37. The fourth-order valence-corrected chi connectivity index (χ4v) is 1.38. The number of anilines is 1. The van der Waals surface area contributed by atoms with Crippen LogP contribution in [0.25, 0.3) is 0 Å². The van der Waals surface area contributed by atoms with E-state index < -0.39 is 0 Å². The van der Waals surface area contributed by atoms with Crippen molar-refractivity contribution in [3.8, 4) is 5.75 Å². The topological polar surface area (TPSA) is 62.9 Å². The van der Waals surface area contributed by atoms with Gasteiger partial charge in [0.15, 0.2) is 0 Å². The van der Waals surface area contributed by atoms with E-state index in [1.54, 1.807) is 7.11 Å². The van der Waals surface area contributed by atoms with E-state index >= 15 is 0 Å². The maximum atomic E-state index is 5.58. The van der Waals surface area contributed by atoms with Crippen molar-refractivity contribution in [2.75, 3.05) is 52.5 Å². The van der Waals surface area contributed by atoms with E-state index in [9.17, 15) is 0 Å². The van der Waals surface area contributed by atoms with Gasteiger partial charge in [0.2, 0.25) is 0 Å². The zero-order valence-electron chi connectivity index (χ0n) is 11.5. The summed E-state index contributed by atoms with van der Waals surface area (Å²) in [5, 5.41) is 0. The molecule has 1 aromatic carbocycles. The standard InChI is InChI=1S/C14H23NO4/c1-16-9-10-18-12-11-17-7-2-8-19-14-5-3-13(15)4-6-14/h3-6H,2,7-12,15H2,1H3. The quantitative estimate of drug-likeness (QED) is 0.489. The Morgan fingerprint density at radius 2 is 1.47 bits per heavy atom. The summed E-state index contributed by atoms with van der Waals surface area (Å²) < 4.78 is 21.1. The number of methoxy groups -OCH3 is 1. The Balaban J connectivity index is 1.87. The molecule has 0 atom stereocenters. The Labute approximate surface area is 114 Å². The molecule has 0 unspecified atom stereocenters. The predicted octanol–water partition coefficient (Wildman–Crippen LogP) is 1.72. The molecule has 0 aliphatic carbocycles. The number of hydrogen-bond donors (Lipinski definition) is 1. The van der Waals surface area contributed by atoms with Crippen molar-refractivity contribution in [1.29, 1.82) is 0 Å². The van der Waals surface area contributed by atoms with Crippen LogP contribution in [0.3, 0.4) is 0 Å². The summed E-state index contributed by atoms with van der Waals surface area (Å²) in [6.45, 7) is 3.74. The molecule has 0 aromatic heterocycles. The minimum absolute atomic E-state index is 0.599. The van der Waals surface area contributed by atoms with Crippen molar-refractivity contribution in [2.24, 2.45) is 0 Å². The zero-order valence-corrected chi connectivity index (χ0v) is 11.5.